The van der Waals surface area contributed by atoms with E-state index in [1.54, 1.807) is 0 Å². The van der Waals surface area contributed by atoms with Gasteiger partial charge in [-0.05, 0) is 49.6 Å². The molecule has 0 bridgehead atoms. The van der Waals surface area contributed by atoms with Crippen LogP contribution in [0.5, 0.6) is 0 Å². The van der Waals surface area contributed by atoms with Gasteiger partial charge in [0.2, 0.25) is 0 Å². The van der Waals surface area contributed by atoms with Crippen molar-refractivity contribution in [2.45, 2.75) is 32.4 Å². The van der Waals surface area contributed by atoms with E-state index in [0.717, 1.165) is 25.6 Å². The van der Waals surface area contributed by atoms with Crippen LogP contribution in [0.25, 0.3) is 0 Å². The third-order valence-electron chi connectivity index (χ3n) is 4.84. The van der Waals surface area contributed by atoms with Crippen LogP contribution in [-0.2, 0) is 13.0 Å². The van der Waals surface area contributed by atoms with Gasteiger partial charge in [0.05, 0.1) is 10.6 Å². The second-order valence-electron chi connectivity index (χ2n) is 7.06. The van der Waals surface area contributed by atoms with Gasteiger partial charge in [-0.25, -0.2) is 4.39 Å². The molecule has 2 aromatic rings. The Morgan fingerprint density at radius 2 is 1.96 bits per heavy atom. The lowest BCUT2D eigenvalue weighted by atomic mass is 9.94. The van der Waals surface area contributed by atoms with Crippen molar-refractivity contribution in [3.8, 4) is 0 Å². The highest BCUT2D eigenvalue weighted by molar-refractivity contribution is 6.33. The van der Waals surface area contributed by atoms with Crippen molar-refractivity contribution in [1.82, 2.24) is 10.2 Å². The molecule has 0 spiro atoms. The number of amides is 1. The number of rotatable bonds is 4. The maximum Gasteiger partial charge on any atom is 0.252 e. The van der Waals surface area contributed by atoms with E-state index in [9.17, 15) is 9.18 Å². The van der Waals surface area contributed by atoms with Crippen LogP contribution < -0.4 is 5.32 Å². The summed E-state index contributed by atoms with van der Waals surface area (Å²) in [5.41, 5.74) is 2.84. The number of carbonyl (C=O) groups excluding carboxylic acids is 1. The molecule has 2 aromatic carbocycles. The van der Waals surface area contributed by atoms with Gasteiger partial charge in [-0.2, -0.15) is 0 Å². The highest BCUT2D eigenvalue weighted by atomic mass is 35.5. The van der Waals surface area contributed by atoms with Crippen molar-refractivity contribution in [2.75, 3.05) is 13.1 Å². The van der Waals surface area contributed by atoms with Gasteiger partial charge in [-0.15, -0.1) is 0 Å². The summed E-state index contributed by atoms with van der Waals surface area (Å²) in [6, 6.07) is 12.3. The number of nitrogens with one attached hydrogen (secondary N) is 1. The van der Waals surface area contributed by atoms with E-state index < -0.39 is 5.82 Å². The second-order valence-corrected chi connectivity index (χ2v) is 7.47. The molecule has 0 aliphatic carbocycles. The van der Waals surface area contributed by atoms with Crippen LogP contribution in [-0.4, -0.2) is 29.4 Å². The molecule has 25 heavy (non-hydrogen) atoms. The van der Waals surface area contributed by atoms with Gasteiger partial charge >= 0.3 is 0 Å². The molecule has 1 heterocycles. The largest absolute Gasteiger partial charge is 0.350 e. The Balaban J connectivity index is 1.65. The highest BCUT2D eigenvalue weighted by Gasteiger charge is 2.30. The number of nitrogens with zero attached hydrogens (tertiary/aromatic N) is 1. The van der Waals surface area contributed by atoms with Crippen molar-refractivity contribution in [2.24, 2.45) is 0 Å². The van der Waals surface area contributed by atoms with E-state index in [1.165, 1.54) is 23.3 Å². The van der Waals surface area contributed by atoms with Gasteiger partial charge in [-0.1, -0.05) is 35.9 Å². The third kappa shape index (κ3) is 4.02. The number of hydrogen-bond acceptors (Lipinski definition) is 2. The van der Waals surface area contributed by atoms with Gasteiger partial charge in [-0.3, -0.25) is 9.69 Å². The van der Waals surface area contributed by atoms with Crippen LogP contribution in [0.3, 0.4) is 0 Å². The molecular formula is C20H22ClFN2O. The normalized spacial score (nSPS) is 14.9. The van der Waals surface area contributed by atoms with Crippen LogP contribution >= 0.6 is 11.6 Å². The fourth-order valence-electron chi connectivity index (χ4n) is 3.19. The molecule has 0 radical (unpaired) electrons. The Bertz CT molecular complexity index is 791. The maximum atomic E-state index is 13.1. The molecule has 0 fully saturated rings. The minimum absolute atomic E-state index is 0.127. The standard InChI is InChI=1S/C20H22ClFN2O/c1-20(2,24-10-9-14-5-3-4-6-15(14)12-24)13-23-19(25)17-8-7-16(22)11-18(17)21/h3-8,11H,9-10,12-13H2,1-2H3,(H,23,25). The van der Waals surface area contributed by atoms with Crippen LogP contribution in [0.1, 0.15) is 35.3 Å². The number of fused-ring (bicyclic) bond motifs is 1. The van der Waals surface area contributed by atoms with Crippen molar-refractivity contribution in [3.05, 3.63) is 70.0 Å². The average Bonchev–Trinajstić information content (AvgIpc) is 2.59. The Morgan fingerprint density at radius 1 is 1.24 bits per heavy atom. The smallest absolute Gasteiger partial charge is 0.252 e. The SMILES string of the molecule is CC(C)(CNC(=O)c1ccc(F)cc1Cl)N1CCc2ccccc2C1. The Hall–Kier alpha value is -1.91. The molecule has 132 valence electrons. The zero-order chi connectivity index (χ0) is 18.0. The molecule has 3 nitrogen and oxygen atoms in total. The molecule has 0 atom stereocenters. The molecule has 0 saturated carbocycles. The first-order valence-corrected chi connectivity index (χ1v) is 8.80. The summed E-state index contributed by atoms with van der Waals surface area (Å²) in [4.78, 5) is 14.7. The molecule has 0 aromatic heterocycles. The maximum absolute atomic E-state index is 13.1. The Labute approximate surface area is 152 Å². The quantitative estimate of drug-likeness (QED) is 0.892. The van der Waals surface area contributed by atoms with Gasteiger partial charge < -0.3 is 5.32 Å². The van der Waals surface area contributed by atoms with Crippen LogP contribution in [0.4, 0.5) is 4.39 Å². The summed E-state index contributed by atoms with van der Waals surface area (Å²) in [5.74, 6) is -0.732. The molecule has 1 N–H and O–H groups in total. The summed E-state index contributed by atoms with van der Waals surface area (Å²) in [6.45, 7) is 6.55. The molecule has 1 aliphatic rings. The number of carbonyl (C=O) groups is 1. The first kappa shape index (κ1) is 17.9. The predicted molar refractivity (Wildman–Crippen MR) is 98.4 cm³/mol. The molecule has 3 rings (SSSR count). The van der Waals surface area contributed by atoms with Gasteiger partial charge in [0.1, 0.15) is 5.82 Å². The van der Waals surface area contributed by atoms with Crippen LogP contribution in [0, 0.1) is 5.82 Å². The Morgan fingerprint density at radius 3 is 2.68 bits per heavy atom. The fourth-order valence-corrected chi connectivity index (χ4v) is 3.44. The summed E-state index contributed by atoms with van der Waals surface area (Å²) in [7, 11) is 0. The topological polar surface area (TPSA) is 32.3 Å². The second kappa shape index (κ2) is 7.14. The van der Waals surface area contributed by atoms with Crippen molar-refractivity contribution >= 4 is 17.5 Å². The molecule has 5 heteroatoms. The lowest BCUT2D eigenvalue weighted by Crippen LogP contribution is -2.53. The van der Waals surface area contributed by atoms with E-state index in [-0.39, 0.29) is 16.5 Å². The summed E-state index contributed by atoms with van der Waals surface area (Å²) in [6.07, 6.45) is 1.01. The summed E-state index contributed by atoms with van der Waals surface area (Å²) < 4.78 is 13.1. The molecular weight excluding hydrogens is 339 g/mol. The number of benzene rings is 2. The van der Waals surface area contributed by atoms with Crippen molar-refractivity contribution in [3.63, 3.8) is 0 Å². The van der Waals surface area contributed by atoms with Crippen LogP contribution in [0.15, 0.2) is 42.5 Å². The predicted octanol–water partition coefficient (Wildman–Crippen LogP) is 4.05. The monoisotopic (exact) mass is 360 g/mol. The van der Waals surface area contributed by atoms with Gasteiger partial charge in [0, 0.05) is 25.2 Å². The lowest BCUT2D eigenvalue weighted by molar-refractivity contribution is 0.0826. The number of halogens is 2. The van der Waals surface area contributed by atoms with E-state index in [2.05, 4.69) is 48.3 Å². The van der Waals surface area contributed by atoms with Crippen molar-refractivity contribution in [1.29, 1.82) is 0 Å². The zero-order valence-electron chi connectivity index (χ0n) is 14.5. The molecule has 1 aliphatic heterocycles. The highest BCUT2D eigenvalue weighted by Crippen LogP contribution is 2.25. The third-order valence-corrected chi connectivity index (χ3v) is 5.16. The molecule has 0 unspecified atom stereocenters. The Kier molecular flexibility index (Phi) is 5.11. The van der Waals surface area contributed by atoms with Gasteiger partial charge in [0.15, 0.2) is 0 Å². The van der Waals surface area contributed by atoms with Crippen molar-refractivity contribution < 1.29 is 9.18 Å². The van der Waals surface area contributed by atoms with E-state index >= 15 is 0 Å². The zero-order valence-corrected chi connectivity index (χ0v) is 15.2. The first-order chi connectivity index (χ1) is 11.9. The van der Waals surface area contributed by atoms with Crippen LogP contribution in [0.2, 0.25) is 5.02 Å². The minimum atomic E-state index is -0.450. The average molecular weight is 361 g/mol. The molecule has 0 saturated heterocycles. The summed E-state index contributed by atoms with van der Waals surface area (Å²) in [5, 5.41) is 3.06. The first-order valence-electron chi connectivity index (χ1n) is 8.42. The number of hydrogen-bond donors (Lipinski definition) is 1. The lowest BCUT2D eigenvalue weighted by Gasteiger charge is -2.41. The minimum Gasteiger partial charge on any atom is -0.350 e. The van der Waals surface area contributed by atoms with E-state index in [1.807, 2.05) is 0 Å². The summed E-state index contributed by atoms with van der Waals surface area (Å²) >= 11 is 5.97. The molecule has 1 amide bonds. The van der Waals surface area contributed by atoms with Gasteiger partial charge in [0.25, 0.3) is 5.91 Å². The fraction of sp³-hybridized carbons (Fsp3) is 0.350. The van der Waals surface area contributed by atoms with E-state index in [4.69, 9.17) is 11.6 Å². The van der Waals surface area contributed by atoms with E-state index in [0.29, 0.717) is 12.1 Å².